The molecule has 0 saturated carbocycles. The molecule has 2 aliphatic rings. The molecule has 8 heteroatoms. The highest BCUT2D eigenvalue weighted by molar-refractivity contribution is 8.18. The van der Waals surface area contributed by atoms with Crippen LogP contribution in [0, 0.1) is 0 Å². The van der Waals surface area contributed by atoms with Gasteiger partial charge < -0.3 is 14.4 Å². The number of likely N-dealkylation sites (tertiary alicyclic amines) is 1. The van der Waals surface area contributed by atoms with E-state index in [1.165, 1.54) is 0 Å². The number of thioether (sulfide) groups is 1. The van der Waals surface area contributed by atoms with E-state index < -0.39 is 11.1 Å². The molecule has 162 valence electrons. The van der Waals surface area contributed by atoms with Crippen molar-refractivity contribution in [3.63, 3.8) is 0 Å². The van der Waals surface area contributed by atoms with Crippen molar-refractivity contribution in [2.24, 2.45) is 0 Å². The number of hydrogen-bond donors (Lipinski definition) is 0. The van der Waals surface area contributed by atoms with Crippen molar-refractivity contribution in [1.29, 1.82) is 0 Å². The molecule has 7 nitrogen and oxygen atoms in total. The molecule has 0 spiro atoms. The fourth-order valence-electron chi connectivity index (χ4n) is 3.64. The number of ether oxygens (including phenoxy) is 2. The van der Waals surface area contributed by atoms with Gasteiger partial charge in [0, 0.05) is 12.6 Å². The lowest BCUT2D eigenvalue weighted by Gasteiger charge is -2.34. The van der Waals surface area contributed by atoms with Gasteiger partial charge in [0.25, 0.3) is 11.1 Å². The van der Waals surface area contributed by atoms with Crippen LogP contribution in [0.1, 0.15) is 45.6 Å². The number of nitrogens with zero attached hydrogens (tertiary/aromatic N) is 2. The second-order valence-electron chi connectivity index (χ2n) is 7.27. The molecule has 2 aliphatic heterocycles. The van der Waals surface area contributed by atoms with Crippen LogP contribution in [-0.4, -0.2) is 59.2 Å². The average molecular weight is 433 g/mol. The number of carbonyl (C=O) groups is 3. The summed E-state index contributed by atoms with van der Waals surface area (Å²) in [6.45, 7) is 7.25. The van der Waals surface area contributed by atoms with Crippen molar-refractivity contribution in [3.05, 3.63) is 28.7 Å². The van der Waals surface area contributed by atoms with E-state index in [1.807, 2.05) is 26.8 Å². The SMILES string of the molecule is CCOc1ccc(/C=C2\SC(=O)N(CC(=O)N3CCCC[C@H]3C)C2=O)cc1OCC. The molecular weight excluding hydrogens is 404 g/mol. The third-order valence-corrected chi connectivity index (χ3v) is 6.06. The zero-order chi connectivity index (χ0) is 21.7. The second-order valence-corrected chi connectivity index (χ2v) is 8.27. The van der Waals surface area contributed by atoms with Gasteiger partial charge in [0.15, 0.2) is 11.5 Å². The highest BCUT2D eigenvalue weighted by Gasteiger charge is 2.38. The van der Waals surface area contributed by atoms with Crippen molar-refractivity contribution < 1.29 is 23.9 Å². The van der Waals surface area contributed by atoms with Gasteiger partial charge in [0.1, 0.15) is 6.54 Å². The summed E-state index contributed by atoms with van der Waals surface area (Å²) in [6.07, 6.45) is 4.66. The molecule has 3 amide bonds. The lowest BCUT2D eigenvalue weighted by atomic mass is 10.0. The maximum atomic E-state index is 12.8. The van der Waals surface area contributed by atoms with Crippen LogP contribution in [0.25, 0.3) is 6.08 Å². The van der Waals surface area contributed by atoms with Crippen LogP contribution in [-0.2, 0) is 9.59 Å². The monoisotopic (exact) mass is 432 g/mol. The van der Waals surface area contributed by atoms with E-state index in [1.54, 1.807) is 23.1 Å². The topological polar surface area (TPSA) is 76.2 Å². The van der Waals surface area contributed by atoms with Gasteiger partial charge in [-0.15, -0.1) is 0 Å². The van der Waals surface area contributed by atoms with Crippen LogP contribution in [0.15, 0.2) is 23.1 Å². The molecule has 0 bridgehead atoms. The smallest absolute Gasteiger partial charge is 0.294 e. The molecule has 2 heterocycles. The maximum absolute atomic E-state index is 12.8. The fraction of sp³-hybridized carbons (Fsp3) is 0.500. The first-order chi connectivity index (χ1) is 14.4. The summed E-state index contributed by atoms with van der Waals surface area (Å²) in [7, 11) is 0. The van der Waals surface area contributed by atoms with Crippen molar-refractivity contribution in [1.82, 2.24) is 9.80 Å². The molecule has 30 heavy (non-hydrogen) atoms. The third-order valence-electron chi connectivity index (χ3n) is 5.16. The van der Waals surface area contributed by atoms with E-state index >= 15 is 0 Å². The van der Waals surface area contributed by atoms with Crippen molar-refractivity contribution >= 4 is 34.9 Å². The Morgan fingerprint density at radius 1 is 1.17 bits per heavy atom. The quantitative estimate of drug-likeness (QED) is 0.608. The Labute approximate surface area is 181 Å². The predicted molar refractivity (Wildman–Crippen MR) is 116 cm³/mol. The molecule has 2 saturated heterocycles. The van der Waals surface area contributed by atoms with Gasteiger partial charge in [0.2, 0.25) is 5.91 Å². The summed E-state index contributed by atoms with van der Waals surface area (Å²) < 4.78 is 11.2. The van der Waals surface area contributed by atoms with Crippen molar-refractivity contribution in [2.45, 2.75) is 46.1 Å². The van der Waals surface area contributed by atoms with Gasteiger partial charge in [-0.25, -0.2) is 0 Å². The lowest BCUT2D eigenvalue weighted by molar-refractivity contribution is -0.138. The van der Waals surface area contributed by atoms with Crippen LogP contribution in [0.2, 0.25) is 0 Å². The van der Waals surface area contributed by atoms with E-state index in [4.69, 9.17) is 9.47 Å². The van der Waals surface area contributed by atoms with Crippen molar-refractivity contribution in [3.8, 4) is 11.5 Å². The number of benzene rings is 1. The molecule has 3 rings (SSSR count). The normalized spacial score (nSPS) is 20.8. The zero-order valence-corrected chi connectivity index (χ0v) is 18.5. The highest BCUT2D eigenvalue weighted by atomic mass is 32.2. The first-order valence-corrected chi connectivity index (χ1v) is 11.2. The summed E-state index contributed by atoms with van der Waals surface area (Å²) in [4.78, 5) is 41.0. The van der Waals surface area contributed by atoms with Crippen LogP contribution in [0.5, 0.6) is 11.5 Å². The van der Waals surface area contributed by atoms with Gasteiger partial charge in [-0.2, -0.15) is 0 Å². The average Bonchev–Trinajstić information content (AvgIpc) is 2.98. The molecule has 2 fully saturated rings. The Morgan fingerprint density at radius 3 is 2.60 bits per heavy atom. The summed E-state index contributed by atoms with van der Waals surface area (Å²) in [5, 5.41) is -0.416. The number of rotatable bonds is 7. The lowest BCUT2D eigenvalue weighted by Crippen LogP contribution is -2.47. The number of piperidine rings is 1. The molecule has 0 aliphatic carbocycles. The van der Waals surface area contributed by atoms with E-state index in [-0.39, 0.29) is 18.5 Å². The highest BCUT2D eigenvalue weighted by Crippen LogP contribution is 2.35. The molecule has 0 aromatic heterocycles. The van der Waals surface area contributed by atoms with Gasteiger partial charge in [0.05, 0.1) is 18.1 Å². The predicted octanol–water partition coefficient (Wildman–Crippen LogP) is 3.92. The van der Waals surface area contributed by atoms with E-state index in [0.717, 1.165) is 41.5 Å². The Balaban J connectivity index is 1.74. The number of hydrogen-bond acceptors (Lipinski definition) is 6. The maximum Gasteiger partial charge on any atom is 0.294 e. The third kappa shape index (κ3) is 4.98. The van der Waals surface area contributed by atoms with Crippen LogP contribution in [0.4, 0.5) is 4.79 Å². The summed E-state index contributed by atoms with van der Waals surface area (Å²) in [5.41, 5.74) is 0.725. The summed E-state index contributed by atoms with van der Waals surface area (Å²) >= 11 is 0.855. The number of imide groups is 1. The van der Waals surface area contributed by atoms with Crippen LogP contribution >= 0.6 is 11.8 Å². The zero-order valence-electron chi connectivity index (χ0n) is 17.7. The fourth-order valence-corrected chi connectivity index (χ4v) is 4.48. The van der Waals surface area contributed by atoms with Crippen LogP contribution in [0.3, 0.4) is 0 Å². The van der Waals surface area contributed by atoms with E-state index in [9.17, 15) is 14.4 Å². The molecule has 1 aromatic rings. The van der Waals surface area contributed by atoms with E-state index in [2.05, 4.69) is 0 Å². The summed E-state index contributed by atoms with van der Waals surface area (Å²) in [6, 6.07) is 5.51. The number of amides is 3. The first kappa shape index (κ1) is 22.2. The van der Waals surface area contributed by atoms with Crippen molar-refractivity contribution in [2.75, 3.05) is 26.3 Å². The largest absolute Gasteiger partial charge is 0.490 e. The second kappa shape index (κ2) is 10.0. The van der Waals surface area contributed by atoms with Gasteiger partial charge in [-0.05, 0) is 75.6 Å². The van der Waals surface area contributed by atoms with E-state index in [0.29, 0.717) is 36.2 Å². The molecule has 1 atom stereocenters. The Bertz CT molecular complexity index is 854. The summed E-state index contributed by atoms with van der Waals surface area (Å²) in [5.74, 6) is 0.604. The minimum absolute atomic E-state index is 0.141. The van der Waals surface area contributed by atoms with Gasteiger partial charge in [-0.3, -0.25) is 19.3 Å². The van der Waals surface area contributed by atoms with Gasteiger partial charge in [-0.1, -0.05) is 6.07 Å². The first-order valence-electron chi connectivity index (χ1n) is 10.4. The minimum atomic E-state index is -0.435. The Hall–Kier alpha value is -2.48. The number of carbonyl (C=O) groups excluding carboxylic acids is 3. The standard InChI is InChI=1S/C22H28N2O5S/c1-4-28-17-10-9-16(12-18(17)29-5-2)13-19-21(26)24(22(27)30-19)14-20(25)23-11-7-6-8-15(23)3/h9-10,12-13,15H,4-8,11,14H2,1-3H3/b19-13-/t15-/m1/s1. The Morgan fingerprint density at radius 2 is 1.90 bits per heavy atom. The Kier molecular flexibility index (Phi) is 7.42. The molecule has 0 unspecified atom stereocenters. The molecular formula is C22H28N2O5S. The molecule has 1 aromatic carbocycles. The molecule has 0 radical (unpaired) electrons. The molecule has 0 N–H and O–H groups in total. The van der Waals surface area contributed by atoms with Gasteiger partial charge >= 0.3 is 0 Å². The van der Waals surface area contributed by atoms with Crippen LogP contribution < -0.4 is 9.47 Å². The minimum Gasteiger partial charge on any atom is -0.490 e.